The molecule has 1 saturated heterocycles. The van der Waals surface area contributed by atoms with Crippen LogP contribution in [0.25, 0.3) is 0 Å². The van der Waals surface area contributed by atoms with Crippen molar-refractivity contribution in [1.82, 2.24) is 10.2 Å². The van der Waals surface area contributed by atoms with Crippen LogP contribution >= 0.6 is 0 Å². The zero-order valence-corrected chi connectivity index (χ0v) is 11.9. The highest BCUT2D eigenvalue weighted by Gasteiger charge is 2.20. The number of amides is 1. The molecule has 0 aromatic heterocycles. The summed E-state index contributed by atoms with van der Waals surface area (Å²) in [5.41, 5.74) is 5.73. The maximum atomic E-state index is 12.1. The minimum atomic E-state index is -0.570. The lowest BCUT2D eigenvalue weighted by molar-refractivity contribution is -0.385. The molecular formula is C14H20N4O3. The molecule has 0 bridgehead atoms. The van der Waals surface area contributed by atoms with E-state index in [1.807, 2.05) is 0 Å². The van der Waals surface area contributed by atoms with Crippen LogP contribution in [0.2, 0.25) is 0 Å². The van der Waals surface area contributed by atoms with Gasteiger partial charge in [0.2, 0.25) is 0 Å². The highest BCUT2D eigenvalue weighted by molar-refractivity contribution is 5.99. The van der Waals surface area contributed by atoms with E-state index in [0.29, 0.717) is 12.2 Å². The minimum absolute atomic E-state index is 0.0126. The van der Waals surface area contributed by atoms with Crippen LogP contribution in [0.3, 0.4) is 0 Å². The molecule has 1 heterocycles. The Bertz CT molecular complexity index is 527. The van der Waals surface area contributed by atoms with Crippen molar-refractivity contribution in [3.05, 3.63) is 33.9 Å². The lowest BCUT2D eigenvalue weighted by Crippen LogP contribution is -2.37. The van der Waals surface area contributed by atoms with Gasteiger partial charge >= 0.3 is 0 Å². The first-order valence-corrected chi connectivity index (χ1v) is 7.12. The van der Waals surface area contributed by atoms with E-state index in [2.05, 4.69) is 10.2 Å². The molecule has 1 amide bonds. The maximum absolute atomic E-state index is 12.1. The van der Waals surface area contributed by atoms with Crippen molar-refractivity contribution in [2.75, 3.05) is 31.9 Å². The molecule has 3 N–H and O–H groups in total. The number of hydrogen-bond donors (Lipinski definition) is 2. The third-order valence-corrected chi connectivity index (χ3v) is 3.62. The number of anilines is 1. The van der Waals surface area contributed by atoms with E-state index in [1.165, 1.54) is 37.5 Å². The average Bonchev–Trinajstić information content (AvgIpc) is 2.47. The maximum Gasteiger partial charge on any atom is 0.282 e. The van der Waals surface area contributed by atoms with Gasteiger partial charge in [0, 0.05) is 24.8 Å². The summed E-state index contributed by atoms with van der Waals surface area (Å²) < 4.78 is 0. The second-order valence-corrected chi connectivity index (χ2v) is 5.19. The molecule has 1 fully saturated rings. The van der Waals surface area contributed by atoms with E-state index >= 15 is 0 Å². The average molecular weight is 292 g/mol. The number of carbonyl (C=O) groups excluding carboxylic acids is 1. The Morgan fingerprint density at radius 1 is 1.33 bits per heavy atom. The summed E-state index contributed by atoms with van der Waals surface area (Å²) in [7, 11) is 0. The van der Waals surface area contributed by atoms with E-state index in [1.54, 1.807) is 0 Å². The molecule has 0 aliphatic carbocycles. The van der Waals surface area contributed by atoms with Crippen molar-refractivity contribution >= 4 is 17.3 Å². The molecule has 0 unspecified atom stereocenters. The molecule has 0 spiro atoms. The van der Waals surface area contributed by atoms with Crippen LogP contribution in [0.5, 0.6) is 0 Å². The first-order valence-electron chi connectivity index (χ1n) is 7.12. The van der Waals surface area contributed by atoms with E-state index in [9.17, 15) is 14.9 Å². The number of piperidine rings is 1. The number of likely N-dealkylation sites (tertiary alicyclic amines) is 1. The molecule has 21 heavy (non-hydrogen) atoms. The fraction of sp³-hybridized carbons (Fsp3) is 0.500. The normalized spacial score (nSPS) is 15.6. The third kappa shape index (κ3) is 4.16. The van der Waals surface area contributed by atoms with Crippen molar-refractivity contribution in [2.45, 2.75) is 19.3 Å². The summed E-state index contributed by atoms with van der Waals surface area (Å²) in [6.45, 7) is 3.34. The van der Waals surface area contributed by atoms with Crippen LogP contribution in [0.1, 0.15) is 29.6 Å². The molecule has 1 aliphatic heterocycles. The molecule has 114 valence electrons. The topological polar surface area (TPSA) is 101 Å². The molecule has 1 aromatic rings. The van der Waals surface area contributed by atoms with Crippen LogP contribution < -0.4 is 11.1 Å². The van der Waals surface area contributed by atoms with Crippen LogP contribution in [0, 0.1) is 10.1 Å². The van der Waals surface area contributed by atoms with E-state index in [0.717, 1.165) is 19.6 Å². The predicted molar refractivity (Wildman–Crippen MR) is 80.1 cm³/mol. The van der Waals surface area contributed by atoms with Gasteiger partial charge in [0.1, 0.15) is 5.56 Å². The van der Waals surface area contributed by atoms with Gasteiger partial charge in [-0.1, -0.05) is 6.42 Å². The predicted octanol–water partition coefficient (Wildman–Crippen LogP) is 1.39. The second-order valence-electron chi connectivity index (χ2n) is 5.19. The highest BCUT2D eigenvalue weighted by atomic mass is 16.6. The number of nitrogens with two attached hydrogens (primary N) is 1. The van der Waals surface area contributed by atoms with Crippen molar-refractivity contribution in [3.63, 3.8) is 0 Å². The number of nitrogen functional groups attached to an aromatic ring is 1. The zero-order valence-electron chi connectivity index (χ0n) is 11.9. The molecular weight excluding hydrogens is 272 g/mol. The van der Waals surface area contributed by atoms with Gasteiger partial charge in [-0.15, -0.1) is 0 Å². The van der Waals surface area contributed by atoms with Crippen molar-refractivity contribution in [1.29, 1.82) is 0 Å². The van der Waals surface area contributed by atoms with Crippen LogP contribution in [0.15, 0.2) is 18.2 Å². The fourth-order valence-corrected chi connectivity index (χ4v) is 2.50. The Morgan fingerprint density at radius 2 is 2.05 bits per heavy atom. The minimum Gasteiger partial charge on any atom is -0.399 e. The molecule has 2 rings (SSSR count). The smallest absolute Gasteiger partial charge is 0.282 e. The molecule has 1 aliphatic rings. The van der Waals surface area contributed by atoms with Gasteiger partial charge in [-0.25, -0.2) is 0 Å². The zero-order chi connectivity index (χ0) is 15.2. The summed E-state index contributed by atoms with van der Waals surface area (Å²) in [6.07, 6.45) is 3.64. The summed E-state index contributed by atoms with van der Waals surface area (Å²) in [5, 5.41) is 13.7. The highest BCUT2D eigenvalue weighted by Crippen LogP contribution is 2.21. The van der Waals surface area contributed by atoms with Gasteiger partial charge in [0.25, 0.3) is 11.6 Å². The summed E-state index contributed by atoms with van der Waals surface area (Å²) in [6, 6.07) is 4.02. The molecule has 0 atom stereocenters. The Morgan fingerprint density at radius 3 is 2.71 bits per heavy atom. The number of hydrogen-bond acceptors (Lipinski definition) is 5. The Labute approximate surface area is 123 Å². The van der Waals surface area contributed by atoms with Gasteiger partial charge in [0.15, 0.2) is 0 Å². The number of nitrogens with zero attached hydrogens (tertiary/aromatic N) is 2. The number of nitro groups is 1. The van der Waals surface area contributed by atoms with Gasteiger partial charge in [-0.2, -0.15) is 0 Å². The number of rotatable bonds is 5. The van der Waals surface area contributed by atoms with Crippen LogP contribution in [-0.2, 0) is 0 Å². The first-order chi connectivity index (χ1) is 10.1. The van der Waals surface area contributed by atoms with Gasteiger partial charge < -0.3 is 16.0 Å². The molecule has 1 aromatic carbocycles. The van der Waals surface area contributed by atoms with E-state index < -0.39 is 10.8 Å². The van der Waals surface area contributed by atoms with Crippen molar-refractivity contribution in [3.8, 4) is 0 Å². The van der Waals surface area contributed by atoms with Crippen molar-refractivity contribution in [2.24, 2.45) is 0 Å². The molecule has 0 saturated carbocycles. The molecule has 7 nitrogen and oxygen atoms in total. The number of nitro benzene ring substituents is 1. The quantitative estimate of drug-likeness (QED) is 0.485. The monoisotopic (exact) mass is 292 g/mol. The SMILES string of the molecule is Nc1ccc([N+](=O)[O-])c(C(=O)NCCN2CCCCC2)c1. The number of nitrogens with one attached hydrogen (secondary N) is 1. The lowest BCUT2D eigenvalue weighted by atomic mass is 10.1. The summed E-state index contributed by atoms with van der Waals surface area (Å²) in [4.78, 5) is 24.7. The Hall–Kier alpha value is -2.15. The molecule has 7 heteroatoms. The van der Waals surface area contributed by atoms with Crippen LogP contribution in [-0.4, -0.2) is 41.9 Å². The first kappa shape index (κ1) is 15.2. The van der Waals surface area contributed by atoms with Crippen LogP contribution in [0.4, 0.5) is 11.4 Å². The van der Waals surface area contributed by atoms with Gasteiger partial charge in [0.05, 0.1) is 4.92 Å². The van der Waals surface area contributed by atoms with Gasteiger partial charge in [-0.05, 0) is 38.1 Å². The second kappa shape index (κ2) is 7.03. The summed E-state index contributed by atoms with van der Waals surface area (Å²) in [5.74, 6) is -0.453. The largest absolute Gasteiger partial charge is 0.399 e. The Balaban J connectivity index is 1.93. The standard InChI is InChI=1S/C14H20N4O3/c15-11-4-5-13(18(20)21)12(10-11)14(19)16-6-9-17-7-2-1-3-8-17/h4-5,10H,1-3,6-9,15H2,(H,16,19). The lowest BCUT2D eigenvalue weighted by Gasteiger charge is -2.26. The molecule has 0 radical (unpaired) electrons. The summed E-state index contributed by atoms with van der Waals surface area (Å²) >= 11 is 0. The van der Waals surface area contributed by atoms with Crippen molar-refractivity contribution < 1.29 is 9.72 Å². The van der Waals surface area contributed by atoms with E-state index in [4.69, 9.17) is 5.73 Å². The number of benzene rings is 1. The third-order valence-electron chi connectivity index (χ3n) is 3.62. The van der Waals surface area contributed by atoms with E-state index in [-0.39, 0.29) is 11.3 Å². The number of carbonyl (C=O) groups is 1. The van der Waals surface area contributed by atoms with Gasteiger partial charge in [-0.3, -0.25) is 14.9 Å². The Kier molecular flexibility index (Phi) is 5.10. The fourth-order valence-electron chi connectivity index (χ4n) is 2.50.